The topological polar surface area (TPSA) is 123 Å². The van der Waals surface area contributed by atoms with Gasteiger partial charge in [-0.1, -0.05) is 18.2 Å². The van der Waals surface area contributed by atoms with Crippen molar-refractivity contribution in [3.8, 4) is 5.75 Å². The Bertz CT molecular complexity index is 876. The minimum Gasteiger partial charge on any atom is -0.484 e. The number of carbonyl (C=O) groups excluding carboxylic acids is 3. The maximum absolute atomic E-state index is 12.0. The van der Waals surface area contributed by atoms with Crippen LogP contribution >= 0.6 is 0 Å². The smallest absolute Gasteiger partial charge is 0.329 e. The maximum Gasteiger partial charge on any atom is 0.329 e. The summed E-state index contributed by atoms with van der Waals surface area (Å²) < 4.78 is 5.46. The van der Waals surface area contributed by atoms with E-state index in [0.29, 0.717) is 17.0 Å². The molecule has 8 heteroatoms. The number of hydrazone groups is 1. The summed E-state index contributed by atoms with van der Waals surface area (Å²) in [6.07, 6.45) is 0. The second kappa shape index (κ2) is 9.14. The predicted octanol–water partition coefficient (Wildman–Crippen LogP) is 1.34. The largest absolute Gasteiger partial charge is 0.484 e. The molecule has 27 heavy (non-hydrogen) atoms. The predicted molar refractivity (Wildman–Crippen MR) is 101 cm³/mol. The lowest BCUT2D eigenvalue weighted by atomic mass is 10.1. The lowest BCUT2D eigenvalue weighted by molar-refractivity contribution is -0.137. The van der Waals surface area contributed by atoms with Gasteiger partial charge in [-0.3, -0.25) is 14.4 Å². The zero-order valence-electron chi connectivity index (χ0n) is 15.0. The molecule has 0 heterocycles. The van der Waals surface area contributed by atoms with Crippen LogP contribution in [0.2, 0.25) is 0 Å². The SMILES string of the molecule is C/C(=N/NC(=O)C(N)=O)c1ccc(OCC(=O)Nc2ccccc2C)cc1. The Morgan fingerprint density at radius 2 is 1.74 bits per heavy atom. The molecule has 140 valence electrons. The molecule has 3 amide bonds. The number of amides is 3. The van der Waals surface area contributed by atoms with Gasteiger partial charge >= 0.3 is 11.8 Å². The zero-order valence-corrected chi connectivity index (χ0v) is 15.0. The van der Waals surface area contributed by atoms with Gasteiger partial charge in [0.05, 0.1) is 5.71 Å². The molecule has 0 spiro atoms. The molecule has 0 aliphatic rings. The van der Waals surface area contributed by atoms with Gasteiger partial charge in [0.1, 0.15) is 5.75 Å². The number of carbonyl (C=O) groups is 3. The summed E-state index contributed by atoms with van der Waals surface area (Å²) in [5, 5.41) is 6.57. The van der Waals surface area contributed by atoms with E-state index in [9.17, 15) is 14.4 Å². The van der Waals surface area contributed by atoms with Gasteiger partial charge in [-0.2, -0.15) is 5.10 Å². The van der Waals surface area contributed by atoms with Crippen LogP contribution in [-0.2, 0) is 14.4 Å². The van der Waals surface area contributed by atoms with Gasteiger partial charge in [-0.05, 0) is 55.3 Å². The van der Waals surface area contributed by atoms with E-state index in [2.05, 4.69) is 15.8 Å². The first-order valence-electron chi connectivity index (χ1n) is 8.09. The van der Waals surface area contributed by atoms with Crippen molar-refractivity contribution in [1.82, 2.24) is 5.43 Å². The maximum atomic E-state index is 12.0. The summed E-state index contributed by atoms with van der Waals surface area (Å²) in [6, 6.07) is 14.2. The fourth-order valence-electron chi connectivity index (χ4n) is 2.09. The molecule has 0 aliphatic carbocycles. The Balaban J connectivity index is 1.89. The van der Waals surface area contributed by atoms with Gasteiger partial charge in [0, 0.05) is 5.69 Å². The quantitative estimate of drug-likeness (QED) is 0.404. The number of para-hydroxylation sites is 1. The monoisotopic (exact) mass is 368 g/mol. The lowest BCUT2D eigenvalue weighted by Crippen LogP contribution is -2.33. The van der Waals surface area contributed by atoms with Crippen molar-refractivity contribution in [2.24, 2.45) is 10.8 Å². The van der Waals surface area contributed by atoms with Gasteiger partial charge in [-0.15, -0.1) is 0 Å². The highest BCUT2D eigenvalue weighted by Crippen LogP contribution is 2.15. The summed E-state index contributed by atoms with van der Waals surface area (Å²) in [4.78, 5) is 33.7. The zero-order chi connectivity index (χ0) is 19.8. The highest BCUT2D eigenvalue weighted by molar-refractivity contribution is 6.34. The van der Waals surface area contributed by atoms with Crippen molar-refractivity contribution in [2.75, 3.05) is 11.9 Å². The molecule has 4 N–H and O–H groups in total. The minimum absolute atomic E-state index is 0.130. The molecule has 0 fully saturated rings. The Kier molecular flexibility index (Phi) is 6.65. The van der Waals surface area contributed by atoms with Crippen LogP contribution in [0.15, 0.2) is 53.6 Å². The number of primary amides is 1. The molecule has 0 aliphatic heterocycles. The molecule has 0 saturated heterocycles. The number of benzene rings is 2. The first-order valence-corrected chi connectivity index (χ1v) is 8.09. The number of hydrogen-bond donors (Lipinski definition) is 3. The highest BCUT2D eigenvalue weighted by Gasteiger charge is 2.08. The summed E-state index contributed by atoms with van der Waals surface area (Å²) in [5.41, 5.74) is 9.77. The van der Waals surface area contributed by atoms with Gasteiger partial charge < -0.3 is 15.8 Å². The van der Waals surface area contributed by atoms with Crippen molar-refractivity contribution in [3.05, 3.63) is 59.7 Å². The summed E-state index contributed by atoms with van der Waals surface area (Å²) in [7, 11) is 0. The molecule has 8 nitrogen and oxygen atoms in total. The van der Waals surface area contributed by atoms with Crippen LogP contribution in [0.4, 0.5) is 5.69 Å². The van der Waals surface area contributed by atoms with E-state index < -0.39 is 11.8 Å². The molecule has 0 radical (unpaired) electrons. The Morgan fingerprint density at radius 1 is 1.07 bits per heavy atom. The van der Waals surface area contributed by atoms with Gasteiger partial charge in [0.2, 0.25) is 0 Å². The van der Waals surface area contributed by atoms with Crippen LogP contribution in [0.25, 0.3) is 0 Å². The summed E-state index contributed by atoms with van der Waals surface area (Å²) in [5.74, 6) is -1.86. The third-order valence-corrected chi connectivity index (χ3v) is 3.61. The third kappa shape index (κ3) is 5.96. The van der Waals surface area contributed by atoms with E-state index in [0.717, 1.165) is 11.3 Å². The molecule has 2 aromatic carbocycles. The minimum atomic E-state index is -1.11. The third-order valence-electron chi connectivity index (χ3n) is 3.61. The van der Waals surface area contributed by atoms with E-state index in [1.807, 2.05) is 31.2 Å². The van der Waals surface area contributed by atoms with Gasteiger partial charge in [-0.25, -0.2) is 5.43 Å². The standard InChI is InChI=1S/C19H20N4O4/c1-12-5-3-4-6-16(12)21-17(24)11-27-15-9-7-14(8-10-15)13(2)22-23-19(26)18(20)25/h3-10H,11H2,1-2H3,(H2,20,25)(H,21,24)(H,23,26)/b22-13-. The van der Waals surface area contributed by atoms with Crippen molar-refractivity contribution in [3.63, 3.8) is 0 Å². The second-order valence-electron chi connectivity index (χ2n) is 5.68. The molecular weight excluding hydrogens is 348 g/mol. The average molecular weight is 368 g/mol. The van der Waals surface area contributed by atoms with Crippen LogP contribution < -0.4 is 21.2 Å². The molecule has 0 aromatic heterocycles. The Morgan fingerprint density at radius 3 is 2.37 bits per heavy atom. The Labute approximate surface area is 156 Å². The van der Waals surface area contributed by atoms with Crippen molar-refractivity contribution >= 4 is 29.1 Å². The van der Waals surface area contributed by atoms with Crippen LogP contribution in [-0.4, -0.2) is 30.0 Å². The molecule has 2 aromatic rings. The van der Waals surface area contributed by atoms with Crippen molar-refractivity contribution in [1.29, 1.82) is 0 Å². The summed E-state index contributed by atoms with van der Waals surface area (Å²) in [6.45, 7) is 3.44. The molecule has 0 atom stereocenters. The molecule has 2 rings (SSSR count). The van der Waals surface area contributed by atoms with E-state index in [1.54, 1.807) is 31.2 Å². The van der Waals surface area contributed by atoms with Crippen LogP contribution in [0.5, 0.6) is 5.75 Å². The number of anilines is 1. The fraction of sp³-hybridized carbons (Fsp3) is 0.158. The lowest BCUT2D eigenvalue weighted by Gasteiger charge is -2.10. The second-order valence-corrected chi connectivity index (χ2v) is 5.68. The number of ether oxygens (including phenoxy) is 1. The first kappa shape index (κ1) is 19.6. The molecule has 0 bridgehead atoms. The number of hydrogen-bond acceptors (Lipinski definition) is 5. The highest BCUT2D eigenvalue weighted by atomic mass is 16.5. The molecule has 0 saturated carbocycles. The van der Waals surface area contributed by atoms with E-state index in [-0.39, 0.29) is 12.5 Å². The number of rotatable bonds is 6. The number of nitrogens with one attached hydrogen (secondary N) is 2. The number of nitrogens with zero attached hydrogens (tertiary/aromatic N) is 1. The fourth-order valence-corrected chi connectivity index (χ4v) is 2.09. The van der Waals surface area contributed by atoms with Crippen LogP contribution in [0, 0.1) is 6.92 Å². The van der Waals surface area contributed by atoms with Crippen LogP contribution in [0.1, 0.15) is 18.1 Å². The van der Waals surface area contributed by atoms with E-state index >= 15 is 0 Å². The van der Waals surface area contributed by atoms with E-state index in [4.69, 9.17) is 10.5 Å². The first-order chi connectivity index (χ1) is 12.9. The van der Waals surface area contributed by atoms with Gasteiger partial charge in [0.15, 0.2) is 6.61 Å². The molecule has 0 unspecified atom stereocenters. The molecular formula is C19H20N4O4. The average Bonchev–Trinajstić information content (AvgIpc) is 2.66. The number of aryl methyl sites for hydroxylation is 1. The Hall–Kier alpha value is -3.68. The number of nitrogens with two attached hydrogens (primary N) is 1. The van der Waals surface area contributed by atoms with E-state index in [1.165, 1.54) is 0 Å². The van der Waals surface area contributed by atoms with Crippen molar-refractivity contribution < 1.29 is 19.1 Å². The normalized spacial score (nSPS) is 10.8. The van der Waals surface area contributed by atoms with Crippen LogP contribution in [0.3, 0.4) is 0 Å². The summed E-state index contributed by atoms with van der Waals surface area (Å²) >= 11 is 0. The van der Waals surface area contributed by atoms with Gasteiger partial charge in [0.25, 0.3) is 5.91 Å². The van der Waals surface area contributed by atoms with Crippen molar-refractivity contribution in [2.45, 2.75) is 13.8 Å².